The Morgan fingerprint density at radius 2 is 2.00 bits per heavy atom. The van der Waals surface area contributed by atoms with Crippen LogP contribution < -0.4 is 5.32 Å². The summed E-state index contributed by atoms with van der Waals surface area (Å²) in [6.07, 6.45) is 5.43. The first-order chi connectivity index (χ1) is 6.77. The first kappa shape index (κ1) is 12.0. The van der Waals surface area contributed by atoms with E-state index in [2.05, 4.69) is 31.1 Å². The molecule has 1 unspecified atom stereocenters. The summed E-state index contributed by atoms with van der Waals surface area (Å²) in [4.78, 5) is 2.68. The first-order valence-corrected chi connectivity index (χ1v) is 6.16. The van der Waals surface area contributed by atoms with Crippen molar-refractivity contribution < 1.29 is 0 Å². The van der Waals surface area contributed by atoms with Gasteiger partial charge in [-0.2, -0.15) is 0 Å². The minimum atomic E-state index is 0.775. The fraction of sp³-hybridized carbons (Fsp3) is 1.00. The quantitative estimate of drug-likeness (QED) is 0.728. The topological polar surface area (TPSA) is 15.3 Å². The van der Waals surface area contributed by atoms with Crippen molar-refractivity contribution in [2.24, 2.45) is 5.92 Å². The lowest BCUT2D eigenvalue weighted by atomic mass is 9.97. The third-order valence-electron chi connectivity index (χ3n) is 3.40. The summed E-state index contributed by atoms with van der Waals surface area (Å²) in [6.45, 7) is 8.45. The van der Waals surface area contributed by atoms with E-state index in [4.69, 9.17) is 0 Å². The van der Waals surface area contributed by atoms with Gasteiger partial charge in [0.15, 0.2) is 0 Å². The molecule has 1 atom stereocenters. The van der Waals surface area contributed by atoms with Crippen molar-refractivity contribution in [3.8, 4) is 0 Å². The summed E-state index contributed by atoms with van der Waals surface area (Å²) < 4.78 is 0. The molecule has 14 heavy (non-hydrogen) atoms. The summed E-state index contributed by atoms with van der Waals surface area (Å²) >= 11 is 0. The van der Waals surface area contributed by atoms with Crippen molar-refractivity contribution in [3.63, 3.8) is 0 Å². The Bertz CT molecular complexity index is 133. The molecule has 2 nitrogen and oxygen atoms in total. The Balaban J connectivity index is 2.34. The van der Waals surface area contributed by atoms with E-state index in [1.165, 1.54) is 38.8 Å². The number of hydrogen-bond acceptors (Lipinski definition) is 2. The predicted molar refractivity (Wildman–Crippen MR) is 62.6 cm³/mol. The Morgan fingerprint density at radius 3 is 2.50 bits per heavy atom. The van der Waals surface area contributed by atoms with Gasteiger partial charge < -0.3 is 5.32 Å². The summed E-state index contributed by atoms with van der Waals surface area (Å²) in [5.74, 6) is 0.947. The number of likely N-dealkylation sites (N-methyl/N-ethyl adjacent to an activating group) is 1. The fourth-order valence-corrected chi connectivity index (χ4v) is 2.38. The van der Waals surface area contributed by atoms with E-state index < -0.39 is 0 Å². The maximum absolute atomic E-state index is 3.32. The third kappa shape index (κ3) is 3.58. The highest BCUT2D eigenvalue weighted by Gasteiger charge is 2.21. The molecule has 0 spiro atoms. The summed E-state index contributed by atoms with van der Waals surface area (Å²) in [5.41, 5.74) is 0. The van der Waals surface area contributed by atoms with Gasteiger partial charge in [-0.15, -0.1) is 0 Å². The van der Waals surface area contributed by atoms with Gasteiger partial charge in [0.25, 0.3) is 0 Å². The van der Waals surface area contributed by atoms with Gasteiger partial charge in [0.05, 0.1) is 0 Å². The van der Waals surface area contributed by atoms with E-state index in [1.807, 2.05) is 0 Å². The Kier molecular flexibility index (Phi) is 5.49. The van der Waals surface area contributed by atoms with Crippen LogP contribution in [-0.2, 0) is 0 Å². The molecular formula is C12H26N2. The molecule has 1 aliphatic rings. The normalized spacial score (nSPS) is 22.5. The summed E-state index contributed by atoms with van der Waals surface area (Å²) in [6, 6.07) is 0.775. The van der Waals surface area contributed by atoms with Crippen LogP contribution in [0.25, 0.3) is 0 Å². The van der Waals surface area contributed by atoms with Crippen LogP contribution >= 0.6 is 0 Å². The van der Waals surface area contributed by atoms with Gasteiger partial charge in [-0.3, -0.25) is 4.90 Å². The van der Waals surface area contributed by atoms with Crippen LogP contribution in [0.15, 0.2) is 0 Å². The molecule has 0 amide bonds. The minimum Gasteiger partial charge on any atom is -0.318 e. The Labute approximate surface area is 89.1 Å². The lowest BCUT2D eigenvalue weighted by Gasteiger charge is -2.36. The molecule has 1 saturated heterocycles. The molecule has 1 heterocycles. The van der Waals surface area contributed by atoms with Gasteiger partial charge in [-0.1, -0.05) is 20.3 Å². The SMILES string of the molecule is CCCC(CNC)N1CCC(C)CC1. The van der Waals surface area contributed by atoms with Crippen LogP contribution in [0.4, 0.5) is 0 Å². The van der Waals surface area contributed by atoms with E-state index in [9.17, 15) is 0 Å². The smallest absolute Gasteiger partial charge is 0.0220 e. The first-order valence-electron chi connectivity index (χ1n) is 6.16. The zero-order chi connectivity index (χ0) is 10.4. The second kappa shape index (κ2) is 6.41. The van der Waals surface area contributed by atoms with Crippen LogP contribution in [0.5, 0.6) is 0 Å². The van der Waals surface area contributed by atoms with E-state index in [1.54, 1.807) is 0 Å². The lowest BCUT2D eigenvalue weighted by Crippen LogP contribution is -2.45. The zero-order valence-electron chi connectivity index (χ0n) is 10.1. The van der Waals surface area contributed by atoms with Gasteiger partial charge in [-0.25, -0.2) is 0 Å². The number of rotatable bonds is 5. The maximum Gasteiger partial charge on any atom is 0.0220 e. The summed E-state index contributed by atoms with van der Waals surface area (Å²) in [5, 5.41) is 3.32. The highest BCUT2D eigenvalue weighted by atomic mass is 15.2. The average molecular weight is 198 g/mol. The number of piperidine rings is 1. The van der Waals surface area contributed by atoms with Crippen LogP contribution in [0, 0.1) is 5.92 Å². The number of likely N-dealkylation sites (tertiary alicyclic amines) is 1. The molecule has 0 radical (unpaired) electrons. The molecule has 0 aromatic carbocycles. The van der Waals surface area contributed by atoms with Crippen molar-refractivity contribution in [3.05, 3.63) is 0 Å². The number of nitrogens with zero attached hydrogens (tertiary/aromatic N) is 1. The molecular weight excluding hydrogens is 172 g/mol. The van der Waals surface area contributed by atoms with Crippen molar-refractivity contribution in [1.82, 2.24) is 10.2 Å². The highest BCUT2D eigenvalue weighted by molar-refractivity contribution is 4.78. The number of nitrogens with one attached hydrogen (secondary N) is 1. The number of hydrogen-bond donors (Lipinski definition) is 1. The summed E-state index contributed by atoms with van der Waals surface area (Å²) in [7, 11) is 2.06. The fourth-order valence-electron chi connectivity index (χ4n) is 2.38. The van der Waals surface area contributed by atoms with Crippen molar-refractivity contribution >= 4 is 0 Å². The van der Waals surface area contributed by atoms with Crippen LogP contribution in [0.3, 0.4) is 0 Å². The maximum atomic E-state index is 3.32. The Hall–Kier alpha value is -0.0800. The van der Waals surface area contributed by atoms with Gasteiger partial charge >= 0.3 is 0 Å². The molecule has 0 saturated carbocycles. The second-order valence-electron chi connectivity index (χ2n) is 4.72. The third-order valence-corrected chi connectivity index (χ3v) is 3.40. The second-order valence-corrected chi connectivity index (χ2v) is 4.72. The molecule has 2 heteroatoms. The molecule has 1 fully saturated rings. The largest absolute Gasteiger partial charge is 0.318 e. The van der Waals surface area contributed by atoms with Crippen LogP contribution in [-0.4, -0.2) is 37.6 Å². The van der Waals surface area contributed by atoms with Crippen LogP contribution in [0.1, 0.15) is 39.5 Å². The van der Waals surface area contributed by atoms with E-state index in [-0.39, 0.29) is 0 Å². The van der Waals surface area contributed by atoms with Crippen LogP contribution in [0.2, 0.25) is 0 Å². The Morgan fingerprint density at radius 1 is 1.36 bits per heavy atom. The van der Waals surface area contributed by atoms with E-state index in [0.717, 1.165) is 18.5 Å². The monoisotopic (exact) mass is 198 g/mol. The molecule has 0 aromatic heterocycles. The molecule has 0 aromatic rings. The predicted octanol–water partition coefficient (Wildman–Crippen LogP) is 2.11. The molecule has 1 aliphatic heterocycles. The van der Waals surface area contributed by atoms with Crippen molar-refractivity contribution in [1.29, 1.82) is 0 Å². The molecule has 1 N–H and O–H groups in total. The minimum absolute atomic E-state index is 0.775. The highest BCUT2D eigenvalue weighted by Crippen LogP contribution is 2.19. The van der Waals surface area contributed by atoms with Gasteiger partial charge in [0.2, 0.25) is 0 Å². The average Bonchev–Trinajstić information content (AvgIpc) is 2.19. The molecule has 0 bridgehead atoms. The van der Waals surface area contributed by atoms with Crippen molar-refractivity contribution in [2.75, 3.05) is 26.7 Å². The van der Waals surface area contributed by atoms with Gasteiger partial charge in [-0.05, 0) is 45.3 Å². The van der Waals surface area contributed by atoms with Crippen molar-refractivity contribution in [2.45, 2.75) is 45.6 Å². The van der Waals surface area contributed by atoms with Gasteiger partial charge in [0.1, 0.15) is 0 Å². The van der Waals surface area contributed by atoms with E-state index >= 15 is 0 Å². The molecule has 0 aliphatic carbocycles. The van der Waals surface area contributed by atoms with Gasteiger partial charge in [0, 0.05) is 12.6 Å². The molecule has 1 rings (SSSR count). The van der Waals surface area contributed by atoms with E-state index in [0.29, 0.717) is 0 Å². The zero-order valence-corrected chi connectivity index (χ0v) is 10.1. The lowest BCUT2D eigenvalue weighted by molar-refractivity contribution is 0.130. The molecule has 84 valence electrons. The standard InChI is InChI=1S/C12H26N2/c1-4-5-12(10-13-3)14-8-6-11(2)7-9-14/h11-13H,4-10H2,1-3H3.